The molecule has 4 aromatic carbocycles. The molecule has 0 unspecified atom stereocenters. The van der Waals surface area contributed by atoms with Gasteiger partial charge in [-0.1, -0.05) is 106 Å². The van der Waals surface area contributed by atoms with Crippen LogP contribution in [0.1, 0.15) is 34.2 Å². The van der Waals surface area contributed by atoms with Crippen molar-refractivity contribution in [3.8, 4) is 0 Å². The van der Waals surface area contributed by atoms with Crippen LogP contribution in [-0.2, 0) is 39.3 Å². The number of likely N-dealkylation sites (tertiary alicyclic amines) is 1. The van der Waals surface area contributed by atoms with E-state index in [9.17, 15) is 14.4 Å². The average Bonchev–Trinajstić information content (AvgIpc) is 3.35. The minimum atomic E-state index is -1.21. The summed E-state index contributed by atoms with van der Waals surface area (Å²) in [5.41, 5.74) is 4.22. The maximum Gasteiger partial charge on any atom is 0.239 e. The molecule has 6 rings (SSSR count). The lowest BCUT2D eigenvalue weighted by Crippen LogP contribution is -2.49. The maximum absolute atomic E-state index is 14.8. The standard InChI is InChI=1S/C34H29BrN2O3/c1-23-15-16-30-28(17-23)34(20-26-13-8-14-27(35)18-26,33(40)36(30)21-24-9-4-2-5-10-24)29-19-31(38)37(32(29)39)22-25-11-6-3-7-12-25/h2-18,29H,19-22H2,1H3/t29-,34+/m0/s1. The van der Waals surface area contributed by atoms with Crippen LogP contribution in [0.25, 0.3) is 0 Å². The van der Waals surface area contributed by atoms with E-state index in [0.717, 1.165) is 38.0 Å². The highest BCUT2D eigenvalue weighted by molar-refractivity contribution is 9.10. The number of aryl methyl sites for hydroxylation is 1. The number of carbonyl (C=O) groups excluding carboxylic acids is 3. The number of nitrogens with zero attached hydrogens (tertiary/aromatic N) is 2. The van der Waals surface area contributed by atoms with E-state index in [4.69, 9.17) is 0 Å². The molecule has 0 aliphatic carbocycles. The summed E-state index contributed by atoms with van der Waals surface area (Å²) in [6, 6.07) is 33.3. The van der Waals surface area contributed by atoms with Crippen LogP contribution < -0.4 is 4.90 Å². The summed E-state index contributed by atoms with van der Waals surface area (Å²) in [4.78, 5) is 45.6. The van der Waals surface area contributed by atoms with Crippen molar-refractivity contribution >= 4 is 39.3 Å². The fourth-order valence-electron chi connectivity index (χ4n) is 6.23. The SMILES string of the molecule is Cc1ccc2c(c1)[C@](Cc1cccc(Br)c1)([C@H]1CC(=O)N(Cc3ccccc3)C1=O)C(=O)N2Cc1ccccc1. The Bertz CT molecular complexity index is 1600. The van der Waals surface area contributed by atoms with Crippen LogP contribution >= 0.6 is 15.9 Å². The molecule has 6 heteroatoms. The van der Waals surface area contributed by atoms with Crippen LogP contribution in [0.3, 0.4) is 0 Å². The molecule has 2 atom stereocenters. The first-order chi connectivity index (χ1) is 19.4. The molecule has 0 N–H and O–H groups in total. The number of hydrogen-bond donors (Lipinski definition) is 0. The van der Waals surface area contributed by atoms with E-state index in [1.54, 1.807) is 4.90 Å². The van der Waals surface area contributed by atoms with Crippen LogP contribution in [0.2, 0.25) is 0 Å². The largest absolute Gasteiger partial charge is 0.307 e. The van der Waals surface area contributed by atoms with Gasteiger partial charge in [0.2, 0.25) is 17.7 Å². The van der Waals surface area contributed by atoms with Gasteiger partial charge in [0.05, 0.1) is 24.4 Å². The van der Waals surface area contributed by atoms with Crippen molar-refractivity contribution in [2.75, 3.05) is 4.90 Å². The van der Waals surface area contributed by atoms with E-state index in [1.807, 2.05) is 110 Å². The molecule has 4 aromatic rings. The molecule has 200 valence electrons. The van der Waals surface area contributed by atoms with Crippen LogP contribution in [0.15, 0.2) is 108 Å². The third-order valence-corrected chi connectivity index (χ3v) is 8.62. The van der Waals surface area contributed by atoms with E-state index in [2.05, 4.69) is 15.9 Å². The zero-order valence-corrected chi connectivity index (χ0v) is 23.8. The molecular formula is C34H29BrN2O3. The van der Waals surface area contributed by atoms with Crippen molar-refractivity contribution in [3.63, 3.8) is 0 Å². The summed E-state index contributed by atoms with van der Waals surface area (Å²) in [6.07, 6.45) is 0.313. The Hall–Kier alpha value is -4.03. The van der Waals surface area contributed by atoms with Gasteiger partial charge in [0.25, 0.3) is 0 Å². The first-order valence-electron chi connectivity index (χ1n) is 13.5. The zero-order chi connectivity index (χ0) is 27.9. The number of amides is 3. The van der Waals surface area contributed by atoms with E-state index >= 15 is 0 Å². The highest BCUT2D eigenvalue weighted by Crippen LogP contribution is 2.52. The van der Waals surface area contributed by atoms with E-state index in [0.29, 0.717) is 13.0 Å². The van der Waals surface area contributed by atoms with Crippen molar-refractivity contribution in [2.45, 2.75) is 38.3 Å². The smallest absolute Gasteiger partial charge is 0.239 e. The molecule has 3 amide bonds. The molecule has 40 heavy (non-hydrogen) atoms. The van der Waals surface area contributed by atoms with E-state index in [-0.39, 0.29) is 30.7 Å². The predicted octanol–water partition coefficient (Wildman–Crippen LogP) is 6.36. The summed E-state index contributed by atoms with van der Waals surface area (Å²) in [6.45, 7) is 2.58. The van der Waals surface area contributed by atoms with Crippen molar-refractivity contribution in [1.29, 1.82) is 0 Å². The van der Waals surface area contributed by atoms with Gasteiger partial charge in [-0.15, -0.1) is 0 Å². The molecule has 2 heterocycles. The number of rotatable bonds is 7. The van der Waals surface area contributed by atoms with Crippen molar-refractivity contribution in [2.24, 2.45) is 5.92 Å². The van der Waals surface area contributed by atoms with Gasteiger partial charge >= 0.3 is 0 Å². The first-order valence-corrected chi connectivity index (χ1v) is 14.3. The first kappa shape index (κ1) is 26.2. The van der Waals surface area contributed by atoms with Crippen LogP contribution in [0.5, 0.6) is 0 Å². The quantitative estimate of drug-likeness (QED) is 0.235. The number of hydrogen-bond acceptors (Lipinski definition) is 3. The predicted molar refractivity (Wildman–Crippen MR) is 158 cm³/mol. The number of carbonyl (C=O) groups is 3. The minimum Gasteiger partial charge on any atom is -0.307 e. The Morgan fingerprint density at radius 2 is 1.38 bits per heavy atom. The van der Waals surface area contributed by atoms with Gasteiger partial charge in [0, 0.05) is 16.6 Å². The molecule has 0 saturated carbocycles. The fraction of sp³-hybridized carbons (Fsp3) is 0.206. The number of anilines is 1. The van der Waals surface area contributed by atoms with E-state index < -0.39 is 11.3 Å². The number of benzene rings is 4. The molecule has 0 spiro atoms. The Morgan fingerprint density at radius 3 is 2.02 bits per heavy atom. The van der Waals surface area contributed by atoms with Crippen LogP contribution in [0, 0.1) is 12.8 Å². The number of halogens is 1. The van der Waals surface area contributed by atoms with Gasteiger partial charge in [-0.25, -0.2) is 0 Å². The molecule has 1 saturated heterocycles. The molecule has 0 aromatic heterocycles. The molecular weight excluding hydrogens is 564 g/mol. The Labute approximate surface area is 242 Å². The monoisotopic (exact) mass is 592 g/mol. The second-order valence-electron chi connectivity index (χ2n) is 10.7. The zero-order valence-electron chi connectivity index (χ0n) is 22.2. The van der Waals surface area contributed by atoms with Gasteiger partial charge < -0.3 is 4.90 Å². The third kappa shape index (κ3) is 4.56. The number of imide groups is 1. The van der Waals surface area contributed by atoms with Gasteiger partial charge in [-0.05, 0) is 53.8 Å². The average molecular weight is 594 g/mol. The lowest BCUT2D eigenvalue weighted by Gasteiger charge is -2.34. The van der Waals surface area contributed by atoms with Gasteiger partial charge in [0.1, 0.15) is 0 Å². The topological polar surface area (TPSA) is 57.7 Å². The third-order valence-electron chi connectivity index (χ3n) is 8.13. The maximum atomic E-state index is 14.8. The lowest BCUT2D eigenvalue weighted by atomic mass is 9.66. The van der Waals surface area contributed by atoms with Crippen LogP contribution in [-0.4, -0.2) is 22.6 Å². The molecule has 2 aliphatic rings. The second-order valence-corrected chi connectivity index (χ2v) is 11.7. The summed E-state index contributed by atoms with van der Waals surface area (Å²) in [5, 5.41) is 0. The molecule has 2 aliphatic heterocycles. The summed E-state index contributed by atoms with van der Waals surface area (Å²) >= 11 is 3.57. The second kappa shape index (κ2) is 10.5. The Kier molecular flexibility index (Phi) is 6.88. The van der Waals surface area contributed by atoms with Gasteiger partial charge in [-0.2, -0.15) is 0 Å². The normalized spacial score (nSPS) is 20.4. The van der Waals surface area contributed by atoms with E-state index in [1.165, 1.54) is 4.90 Å². The van der Waals surface area contributed by atoms with Crippen molar-refractivity contribution < 1.29 is 14.4 Å². The van der Waals surface area contributed by atoms with Crippen LogP contribution in [0.4, 0.5) is 5.69 Å². The van der Waals surface area contributed by atoms with Crippen molar-refractivity contribution in [1.82, 2.24) is 4.90 Å². The highest BCUT2D eigenvalue weighted by Gasteiger charge is 2.61. The Morgan fingerprint density at radius 1 is 0.750 bits per heavy atom. The Balaban J connectivity index is 1.49. The van der Waals surface area contributed by atoms with Gasteiger partial charge in [-0.3, -0.25) is 19.3 Å². The highest BCUT2D eigenvalue weighted by atomic mass is 79.9. The molecule has 5 nitrogen and oxygen atoms in total. The molecule has 1 fully saturated rings. The molecule has 0 radical (unpaired) electrons. The van der Waals surface area contributed by atoms with Gasteiger partial charge in [0.15, 0.2) is 0 Å². The summed E-state index contributed by atoms with van der Waals surface area (Å²) in [7, 11) is 0. The minimum absolute atomic E-state index is 0.00201. The number of fused-ring (bicyclic) bond motifs is 1. The summed E-state index contributed by atoms with van der Waals surface area (Å²) < 4.78 is 0.899. The lowest BCUT2D eigenvalue weighted by molar-refractivity contribution is -0.142. The summed E-state index contributed by atoms with van der Waals surface area (Å²) in [5.74, 6) is -1.47. The van der Waals surface area contributed by atoms with Crippen molar-refractivity contribution in [3.05, 3.63) is 135 Å². The fourth-order valence-corrected chi connectivity index (χ4v) is 6.68. The molecule has 0 bridgehead atoms.